The average Bonchev–Trinajstić information content (AvgIpc) is 2.84. The first kappa shape index (κ1) is 17.7. The van der Waals surface area contributed by atoms with Crippen LogP contribution in [0.2, 0.25) is 0 Å². The van der Waals surface area contributed by atoms with Gasteiger partial charge < -0.3 is 15.0 Å². The van der Waals surface area contributed by atoms with Gasteiger partial charge in [-0.1, -0.05) is 30.3 Å². The maximum Gasteiger partial charge on any atom is 0.257 e. The van der Waals surface area contributed by atoms with E-state index in [1.54, 1.807) is 49.5 Å². The van der Waals surface area contributed by atoms with Crippen LogP contribution in [-0.4, -0.2) is 31.8 Å². The summed E-state index contributed by atoms with van der Waals surface area (Å²) in [5, 5.41) is 2.74. The summed E-state index contributed by atoms with van der Waals surface area (Å²) in [5.41, 5.74) is 0.328. The number of ketones is 1. The molecular formula is C20H20N2O4. The van der Waals surface area contributed by atoms with E-state index in [0.29, 0.717) is 22.6 Å². The molecule has 2 aromatic carbocycles. The van der Waals surface area contributed by atoms with Crippen LogP contribution in [0, 0.1) is 0 Å². The molecule has 6 heteroatoms. The maximum absolute atomic E-state index is 13.0. The molecular weight excluding hydrogens is 332 g/mol. The Labute approximate surface area is 151 Å². The Morgan fingerprint density at radius 3 is 2.58 bits per heavy atom. The molecule has 1 atom stereocenters. The quantitative estimate of drug-likeness (QED) is 0.838. The molecule has 0 unspecified atom stereocenters. The summed E-state index contributed by atoms with van der Waals surface area (Å²) in [7, 11) is 3.16. The number of methoxy groups -OCH3 is 1. The van der Waals surface area contributed by atoms with Crippen LogP contribution in [0.5, 0.6) is 5.75 Å². The van der Waals surface area contributed by atoms with E-state index < -0.39 is 5.54 Å². The van der Waals surface area contributed by atoms with Crippen molar-refractivity contribution in [1.82, 2.24) is 5.32 Å². The molecule has 0 saturated heterocycles. The van der Waals surface area contributed by atoms with Gasteiger partial charge in [-0.25, -0.2) is 0 Å². The second-order valence-electron chi connectivity index (χ2n) is 6.30. The molecule has 0 radical (unpaired) electrons. The lowest BCUT2D eigenvalue weighted by atomic mass is 9.84. The molecule has 1 aliphatic heterocycles. The number of ether oxygens (including phenoxy) is 1. The Morgan fingerprint density at radius 2 is 1.88 bits per heavy atom. The third-order valence-electron chi connectivity index (χ3n) is 4.60. The highest BCUT2D eigenvalue weighted by Gasteiger charge is 2.51. The number of anilines is 1. The van der Waals surface area contributed by atoms with Crippen LogP contribution in [0.4, 0.5) is 5.69 Å². The Balaban J connectivity index is 2.05. The first-order valence-electron chi connectivity index (χ1n) is 8.22. The normalized spacial score (nSPS) is 18.4. The molecule has 26 heavy (non-hydrogen) atoms. The van der Waals surface area contributed by atoms with Gasteiger partial charge in [0.2, 0.25) is 5.91 Å². The van der Waals surface area contributed by atoms with E-state index in [1.807, 2.05) is 6.07 Å². The molecule has 6 nitrogen and oxygen atoms in total. The number of benzene rings is 2. The number of rotatable bonds is 5. The maximum atomic E-state index is 13.0. The molecule has 0 spiro atoms. The number of carbonyl (C=O) groups is 3. The Morgan fingerprint density at radius 1 is 1.15 bits per heavy atom. The van der Waals surface area contributed by atoms with Crippen molar-refractivity contribution in [2.75, 3.05) is 19.1 Å². The van der Waals surface area contributed by atoms with Crippen molar-refractivity contribution < 1.29 is 19.1 Å². The molecule has 1 heterocycles. The third-order valence-corrected chi connectivity index (χ3v) is 4.60. The van der Waals surface area contributed by atoms with E-state index in [1.165, 1.54) is 18.9 Å². The summed E-state index contributed by atoms with van der Waals surface area (Å²) in [6.07, 6.45) is -0.167. The molecule has 3 rings (SSSR count). The zero-order valence-electron chi connectivity index (χ0n) is 14.9. The summed E-state index contributed by atoms with van der Waals surface area (Å²) in [5.74, 6) is -0.400. The number of amides is 2. The molecule has 1 aliphatic rings. The topological polar surface area (TPSA) is 75.7 Å². The van der Waals surface area contributed by atoms with Crippen LogP contribution in [0.3, 0.4) is 0 Å². The SMILES string of the molecule is COc1cccc(C(=O)C[C@@]2(NC(C)=O)C(=O)N(C)c3ccccc32)c1. The summed E-state index contributed by atoms with van der Waals surface area (Å²) in [6.45, 7) is 1.34. The molecule has 2 amide bonds. The highest BCUT2D eigenvalue weighted by Crippen LogP contribution is 2.42. The van der Waals surface area contributed by atoms with Gasteiger partial charge in [0.1, 0.15) is 5.75 Å². The predicted octanol–water partition coefficient (Wildman–Crippen LogP) is 2.28. The van der Waals surface area contributed by atoms with Gasteiger partial charge in [0.15, 0.2) is 11.3 Å². The van der Waals surface area contributed by atoms with E-state index in [2.05, 4.69) is 5.32 Å². The summed E-state index contributed by atoms with van der Waals surface area (Å²) < 4.78 is 5.16. The van der Waals surface area contributed by atoms with Gasteiger partial charge in [0, 0.05) is 37.2 Å². The number of hydrogen-bond acceptors (Lipinski definition) is 4. The number of Topliss-reactive ketones (excluding diaryl/α,β-unsaturated/α-hetero) is 1. The molecule has 0 fully saturated rings. The van der Waals surface area contributed by atoms with Crippen LogP contribution < -0.4 is 15.0 Å². The summed E-state index contributed by atoms with van der Waals surface area (Å²) in [6, 6.07) is 13.9. The van der Waals surface area contributed by atoms with E-state index in [0.717, 1.165) is 0 Å². The fraction of sp³-hybridized carbons (Fsp3) is 0.250. The van der Waals surface area contributed by atoms with Gasteiger partial charge in [0.05, 0.1) is 7.11 Å². The smallest absolute Gasteiger partial charge is 0.257 e. The van der Waals surface area contributed by atoms with Crippen LogP contribution in [-0.2, 0) is 15.1 Å². The fourth-order valence-corrected chi connectivity index (χ4v) is 3.41. The number of hydrogen-bond donors (Lipinski definition) is 1. The lowest BCUT2D eigenvalue weighted by Gasteiger charge is -2.28. The first-order valence-corrected chi connectivity index (χ1v) is 8.22. The Kier molecular flexibility index (Phi) is 4.50. The Hall–Kier alpha value is -3.15. The summed E-state index contributed by atoms with van der Waals surface area (Å²) in [4.78, 5) is 39.3. The summed E-state index contributed by atoms with van der Waals surface area (Å²) >= 11 is 0. The minimum atomic E-state index is -1.41. The number of nitrogens with zero attached hydrogens (tertiary/aromatic N) is 1. The molecule has 2 aromatic rings. The van der Waals surface area contributed by atoms with E-state index in [4.69, 9.17) is 4.74 Å². The van der Waals surface area contributed by atoms with Gasteiger partial charge >= 0.3 is 0 Å². The number of para-hydroxylation sites is 1. The van der Waals surface area contributed by atoms with E-state index in [-0.39, 0.29) is 24.0 Å². The lowest BCUT2D eigenvalue weighted by Crippen LogP contribution is -2.53. The van der Waals surface area contributed by atoms with Crippen LogP contribution in [0.1, 0.15) is 29.3 Å². The standard InChI is InChI=1S/C20H20N2O4/c1-13(23)21-20(12-18(24)14-7-6-8-15(11-14)26-3)16-9-4-5-10-17(16)22(2)19(20)25/h4-11H,12H2,1-3H3,(H,21,23)/t20-/m0/s1. The molecule has 0 saturated carbocycles. The van der Waals surface area contributed by atoms with Crippen LogP contribution in [0.15, 0.2) is 48.5 Å². The number of likely N-dealkylation sites (N-methyl/N-ethyl adjacent to an activating group) is 1. The van der Waals surface area contributed by atoms with Crippen LogP contribution in [0.25, 0.3) is 0 Å². The predicted molar refractivity (Wildman–Crippen MR) is 97.3 cm³/mol. The number of carbonyl (C=O) groups excluding carboxylic acids is 3. The van der Waals surface area contributed by atoms with Crippen LogP contribution >= 0.6 is 0 Å². The van der Waals surface area contributed by atoms with E-state index in [9.17, 15) is 14.4 Å². The zero-order valence-corrected chi connectivity index (χ0v) is 14.9. The number of fused-ring (bicyclic) bond motifs is 1. The first-order chi connectivity index (χ1) is 12.4. The molecule has 1 N–H and O–H groups in total. The minimum absolute atomic E-state index is 0.167. The van der Waals surface area contributed by atoms with Gasteiger partial charge in [-0.05, 0) is 18.2 Å². The Bertz CT molecular complexity index is 893. The largest absolute Gasteiger partial charge is 0.497 e. The number of nitrogens with one attached hydrogen (secondary N) is 1. The second-order valence-corrected chi connectivity index (χ2v) is 6.30. The molecule has 0 aliphatic carbocycles. The van der Waals surface area contributed by atoms with Crippen molar-refractivity contribution in [2.45, 2.75) is 18.9 Å². The van der Waals surface area contributed by atoms with Crippen molar-refractivity contribution in [3.8, 4) is 5.75 Å². The minimum Gasteiger partial charge on any atom is -0.497 e. The van der Waals surface area contributed by atoms with Crippen molar-refractivity contribution in [1.29, 1.82) is 0 Å². The van der Waals surface area contributed by atoms with Gasteiger partial charge in [-0.2, -0.15) is 0 Å². The van der Waals surface area contributed by atoms with Gasteiger partial charge in [-0.3, -0.25) is 14.4 Å². The van der Waals surface area contributed by atoms with E-state index >= 15 is 0 Å². The van der Waals surface area contributed by atoms with Gasteiger partial charge in [-0.15, -0.1) is 0 Å². The fourth-order valence-electron chi connectivity index (χ4n) is 3.41. The third kappa shape index (κ3) is 2.83. The molecule has 0 bridgehead atoms. The molecule has 134 valence electrons. The molecule has 0 aromatic heterocycles. The highest BCUT2D eigenvalue weighted by molar-refractivity contribution is 6.12. The van der Waals surface area contributed by atoms with Crippen molar-refractivity contribution in [2.24, 2.45) is 0 Å². The highest BCUT2D eigenvalue weighted by atomic mass is 16.5. The van der Waals surface area contributed by atoms with Crippen molar-refractivity contribution in [3.05, 3.63) is 59.7 Å². The zero-order chi connectivity index (χ0) is 18.9. The lowest BCUT2D eigenvalue weighted by molar-refractivity contribution is -0.130. The van der Waals surface area contributed by atoms with Gasteiger partial charge in [0.25, 0.3) is 5.91 Å². The monoisotopic (exact) mass is 352 g/mol. The van der Waals surface area contributed by atoms with Crippen molar-refractivity contribution >= 4 is 23.3 Å². The average molecular weight is 352 g/mol. The van der Waals surface area contributed by atoms with Crippen molar-refractivity contribution in [3.63, 3.8) is 0 Å². The second kappa shape index (κ2) is 6.63.